The van der Waals surface area contributed by atoms with Gasteiger partial charge in [0.05, 0.1) is 5.10 Å². The maximum absolute atomic E-state index is 11.4. The number of nitrogens with zero attached hydrogens (tertiary/aromatic N) is 3. The van der Waals surface area contributed by atoms with Gasteiger partial charge in [-0.3, -0.25) is 0 Å². The molecule has 0 unspecified atom stereocenters. The third kappa shape index (κ3) is 6.25. The third-order valence-corrected chi connectivity index (χ3v) is 5.51. The fourth-order valence-corrected chi connectivity index (χ4v) is 3.88. The minimum absolute atomic E-state index is 0.195. The summed E-state index contributed by atoms with van der Waals surface area (Å²) in [7, 11) is -8.80. The Balaban J connectivity index is 0.000000500. The van der Waals surface area contributed by atoms with Crippen LogP contribution in [0.1, 0.15) is 11.3 Å². The molecule has 3 rings (SSSR count). The topological polar surface area (TPSA) is 182 Å². The van der Waals surface area contributed by atoms with E-state index in [0.29, 0.717) is 5.13 Å². The van der Waals surface area contributed by atoms with Crippen molar-refractivity contribution >= 4 is 21.4 Å². The molecule has 0 aliphatic heterocycles. The third-order valence-electron chi connectivity index (χ3n) is 3.29. The first-order chi connectivity index (χ1) is 12.9. The summed E-state index contributed by atoms with van der Waals surface area (Å²) in [6.07, 6.45) is 0. The average Bonchev–Trinajstić information content (AvgIpc) is 3.03. The highest BCUT2D eigenvalue weighted by molar-refractivity contribution is 7.91. The van der Waals surface area contributed by atoms with Crippen LogP contribution < -0.4 is 28.3 Å². The summed E-state index contributed by atoms with van der Waals surface area (Å²) in [5.41, 5.74) is 3.96. The summed E-state index contributed by atoms with van der Waals surface area (Å²) in [5.74, 6) is 0. The van der Waals surface area contributed by atoms with Gasteiger partial charge in [0.2, 0.25) is 0 Å². The molecule has 3 aromatic rings. The molecule has 2 N–H and O–H groups in total. The minimum Gasteiger partial charge on any atom is -0.222 e. The van der Waals surface area contributed by atoms with Gasteiger partial charge in [-0.1, -0.05) is 30.3 Å². The fraction of sp³-hybridized carbons (Fsp3) is 0.133. The Bertz CT molecular complexity index is 1060. The van der Waals surface area contributed by atoms with Crippen LogP contribution in [-0.2, 0) is 10.0 Å². The number of hydrogen-bond donors (Lipinski definition) is 1. The predicted molar refractivity (Wildman–Crippen MR) is 87.7 cm³/mol. The molecule has 2 heterocycles. The van der Waals surface area contributed by atoms with Crippen LogP contribution in [0.15, 0.2) is 46.8 Å². The number of aromatic nitrogens is 3. The molecule has 0 aliphatic carbocycles. The van der Waals surface area contributed by atoms with Crippen molar-refractivity contribution in [2.75, 3.05) is 0 Å². The number of benzene rings is 1. The molecule has 0 fully saturated rings. The van der Waals surface area contributed by atoms with Crippen LogP contribution in [-0.4, -0.2) is 18.6 Å². The Morgan fingerprint density at radius 1 is 1.04 bits per heavy atom. The van der Waals surface area contributed by atoms with E-state index in [9.17, 15) is 8.42 Å². The van der Waals surface area contributed by atoms with Crippen LogP contribution in [0.2, 0.25) is 0 Å². The zero-order chi connectivity index (χ0) is 21.1. The Kier molecular flexibility index (Phi) is 6.80. The molecule has 0 amide bonds. The van der Waals surface area contributed by atoms with Crippen molar-refractivity contribution < 1.29 is 41.9 Å². The van der Waals surface area contributed by atoms with E-state index in [1.54, 1.807) is 0 Å². The molecule has 0 bridgehead atoms. The molecular formula is C15H15ClN4O6S2. The summed E-state index contributed by atoms with van der Waals surface area (Å²) < 4.78 is 58.6. The number of hydrogen-bond acceptors (Lipinski definition) is 9. The second kappa shape index (κ2) is 8.55. The maximum atomic E-state index is 11.4. The zero-order valence-corrected chi connectivity index (χ0v) is 17.0. The monoisotopic (exact) mass is 446 g/mol. The lowest BCUT2D eigenvalue weighted by Crippen LogP contribution is -2.68. The molecule has 0 atom stereocenters. The number of aryl methyl sites for hydroxylation is 2. The highest BCUT2D eigenvalue weighted by Crippen LogP contribution is 2.22. The van der Waals surface area contributed by atoms with Gasteiger partial charge in [-0.25, -0.2) is 32.2 Å². The van der Waals surface area contributed by atoms with Crippen LogP contribution >= 0.6 is 11.3 Å². The van der Waals surface area contributed by atoms with Crippen LogP contribution in [0.25, 0.3) is 16.4 Å². The zero-order valence-electron chi connectivity index (χ0n) is 14.6. The molecule has 10 nitrogen and oxygen atoms in total. The van der Waals surface area contributed by atoms with Crippen LogP contribution in [0.5, 0.6) is 0 Å². The van der Waals surface area contributed by atoms with E-state index in [-0.39, 0.29) is 4.34 Å². The molecule has 13 heteroatoms. The average molecular weight is 447 g/mol. The lowest BCUT2D eigenvalue weighted by Gasteiger charge is -2.17. The fourth-order valence-electron chi connectivity index (χ4n) is 2.39. The molecule has 150 valence electrons. The van der Waals surface area contributed by atoms with Crippen molar-refractivity contribution in [3.63, 3.8) is 0 Å². The summed E-state index contributed by atoms with van der Waals surface area (Å²) in [5, 5.41) is 13.3. The first-order valence-corrected chi connectivity index (χ1v) is 11.0. The van der Waals surface area contributed by atoms with Gasteiger partial charge < -0.3 is 0 Å². The molecule has 0 aliphatic rings. The van der Waals surface area contributed by atoms with Gasteiger partial charge in [0.15, 0.2) is 0 Å². The molecule has 0 saturated carbocycles. The highest BCUT2D eigenvalue weighted by Gasteiger charge is 2.26. The lowest BCUT2D eigenvalue weighted by atomic mass is 10.1. The Morgan fingerprint density at radius 3 is 2.11 bits per heavy atom. The minimum atomic E-state index is -4.94. The van der Waals surface area contributed by atoms with E-state index in [4.69, 9.17) is 23.8 Å². The molecule has 1 aromatic carbocycles. The molecule has 28 heavy (non-hydrogen) atoms. The molecule has 0 radical (unpaired) electrons. The SMILES string of the molecule is Cc1cc(C)[n+](-c2nnc(S(N)(=O)=O)s2)c(-c2ccccc2)c1.[O-][Cl+3]([O-])([O-])[O-]. The number of primary sulfonamides is 1. The van der Waals surface area contributed by atoms with Crippen molar-refractivity contribution in [1.82, 2.24) is 10.2 Å². The van der Waals surface area contributed by atoms with E-state index >= 15 is 0 Å². The van der Waals surface area contributed by atoms with Gasteiger partial charge in [-0.2, -0.15) is 4.57 Å². The van der Waals surface area contributed by atoms with Gasteiger partial charge in [0.25, 0.3) is 14.4 Å². The van der Waals surface area contributed by atoms with E-state index in [2.05, 4.69) is 10.2 Å². The first-order valence-electron chi connectivity index (χ1n) is 7.43. The van der Waals surface area contributed by atoms with E-state index in [1.807, 2.05) is 60.9 Å². The van der Waals surface area contributed by atoms with Gasteiger partial charge >= 0.3 is 5.13 Å². The second-order valence-electron chi connectivity index (χ2n) is 5.53. The number of sulfonamides is 1. The van der Waals surface area contributed by atoms with Crippen molar-refractivity contribution in [2.24, 2.45) is 5.14 Å². The Morgan fingerprint density at radius 2 is 1.61 bits per heavy atom. The van der Waals surface area contributed by atoms with Crippen LogP contribution in [0.4, 0.5) is 0 Å². The van der Waals surface area contributed by atoms with Gasteiger partial charge in [-0.05, 0) is 48.0 Å². The van der Waals surface area contributed by atoms with Gasteiger partial charge in [0, 0.05) is 5.56 Å². The Hall–Kier alpha value is -2.03. The van der Waals surface area contributed by atoms with Crippen molar-refractivity contribution in [3.8, 4) is 16.4 Å². The largest absolute Gasteiger partial charge is 0.416 e. The van der Waals surface area contributed by atoms with Crippen molar-refractivity contribution in [1.29, 1.82) is 0 Å². The number of halogens is 1. The van der Waals surface area contributed by atoms with Crippen LogP contribution in [0.3, 0.4) is 0 Å². The van der Waals surface area contributed by atoms with Gasteiger partial charge in [-0.15, -0.1) is 10.2 Å². The maximum Gasteiger partial charge on any atom is 0.416 e. The molecule has 0 spiro atoms. The number of pyridine rings is 1. The first kappa shape index (κ1) is 22.3. The number of rotatable bonds is 3. The van der Waals surface area contributed by atoms with Crippen molar-refractivity contribution in [3.05, 3.63) is 53.7 Å². The van der Waals surface area contributed by atoms with E-state index in [0.717, 1.165) is 33.9 Å². The highest BCUT2D eigenvalue weighted by atomic mass is 35.7. The standard InChI is InChI=1S/C15H15N4O2S2.ClHO4/c1-10-8-11(2)19(13(9-10)12-6-4-3-5-7-12)14-17-18-15(22-14)23(16,20)21;2-1(3,4)5/h3-9H,1-2H3,(H2,16,20,21);(H,2,3,4,5)/q+1;/p-1. The Labute approximate surface area is 166 Å². The van der Waals surface area contributed by atoms with Crippen LogP contribution in [0, 0.1) is 24.1 Å². The number of nitrogens with two attached hydrogens (primary N) is 1. The molecule has 0 saturated heterocycles. The quantitative estimate of drug-likeness (QED) is 0.412. The smallest absolute Gasteiger partial charge is 0.222 e. The summed E-state index contributed by atoms with van der Waals surface area (Å²) in [6.45, 7) is 3.96. The van der Waals surface area contributed by atoms with E-state index < -0.39 is 20.3 Å². The molecule has 2 aromatic heterocycles. The lowest BCUT2D eigenvalue weighted by molar-refractivity contribution is -2.00. The predicted octanol–water partition coefficient (Wildman–Crippen LogP) is -3.01. The second-order valence-corrected chi connectivity index (χ2v) is 8.98. The normalized spacial score (nSPS) is 11.7. The molecular weight excluding hydrogens is 432 g/mol. The summed E-state index contributed by atoms with van der Waals surface area (Å²) in [4.78, 5) is 0. The van der Waals surface area contributed by atoms with E-state index in [1.165, 1.54) is 0 Å². The van der Waals surface area contributed by atoms with Gasteiger partial charge in [0.1, 0.15) is 11.4 Å². The van der Waals surface area contributed by atoms with Crippen molar-refractivity contribution in [2.45, 2.75) is 18.2 Å². The summed E-state index contributed by atoms with van der Waals surface area (Å²) >= 11 is 0.950. The summed E-state index contributed by atoms with van der Waals surface area (Å²) in [6, 6.07) is 13.9.